The summed E-state index contributed by atoms with van der Waals surface area (Å²) in [5.74, 6) is 0.690. The maximum absolute atomic E-state index is 12.4. The SMILES string of the molecule is C[C@@H](CN(C)C(=O)Cc1ccc(-n2cccn2)cc1)c1nn[nH]n1. The molecule has 0 saturated carbocycles. The number of hydrogen-bond acceptors (Lipinski definition) is 5. The van der Waals surface area contributed by atoms with E-state index in [1.165, 1.54) is 0 Å². The lowest BCUT2D eigenvalue weighted by molar-refractivity contribution is -0.129. The molecule has 3 aromatic rings. The summed E-state index contributed by atoms with van der Waals surface area (Å²) in [4.78, 5) is 14.1. The monoisotopic (exact) mass is 325 g/mol. The van der Waals surface area contributed by atoms with E-state index < -0.39 is 0 Å². The van der Waals surface area contributed by atoms with E-state index in [-0.39, 0.29) is 11.8 Å². The Hall–Kier alpha value is -3.03. The molecule has 0 aliphatic carbocycles. The number of amides is 1. The summed E-state index contributed by atoms with van der Waals surface area (Å²) in [6.07, 6.45) is 3.97. The maximum Gasteiger partial charge on any atom is 0.226 e. The van der Waals surface area contributed by atoms with E-state index in [1.807, 2.05) is 43.5 Å². The lowest BCUT2D eigenvalue weighted by atomic mass is 10.1. The highest BCUT2D eigenvalue weighted by Gasteiger charge is 2.17. The Balaban J connectivity index is 1.58. The number of likely N-dealkylation sites (N-methyl/N-ethyl adjacent to an activating group) is 1. The number of hydrogen-bond donors (Lipinski definition) is 1. The quantitative estimate of drug-likeness (QED) is 0.735. The summed E-state index contributed by atoms with van der Waals surface area (Å²) in [5.41, 5.74) is 1.94. The van der Waals surface area contributed by atoms with Gasteiger partial charge < -0.3 is 4.90 Å². The molecule has 3 rings (SSSR count). The molecule has 2 aromatic heterocycles. The van der Waals surface area contributed by atoms with Gasteiger partial charge in [-0.1, -0.05) is 24.3 Å². The van der Waals surface area contributed by atoms with Gasteiger partial charge in [0.25, 0.3) is 0 Å². The van der Waals surface area contributed by atoms with Crippen LogP contribution in [-0.2, 0) is 11.2 Å². The molecule has 2 heterocycles. The minimum atomic E-state index is 0.0277. The van der Waals surface area contributed by atoms with Crippen molar-refractivity contribution >= 4 is 5.91 Å². The summed E-state index contributed by atoms with van der Waals surface area (Å²) in [6, 6.07) is 9.68. The molecule has 1 atom stereocenters. The Morgan fingerprint density at radius 2 is 2.12 bits per heavy atom. The molecular weight excluding hydrogens is 306 g/mol. The van der Waals surface area contributed by atoms with Crippen molar-refractivity contribution in [2.45, 2.75) is 19.3 Å². The van der Waals surface area contributed by atoms with Crippen LogP contribution in [0.4, 0.5) is 0 Å². The minimum Gasteiger partial charge on any atom is -0.345 e. The van der Waals surface area contributed by atoms with E-state index >= 15 is 0 Å². The van der Waals surface area contributed by atoms with E-state index in [9.17, 15) is 4.79 Å². The van der Waals surface area contributed by atoms with Gasteiger partial charge in [0.15, 0.2) is 5.82 Å². The second-order valence-electron chi connectivity index (χ2n) is 5.74. The first-order valence-electron chi connectivity index (χ1n) is 7.70. The van der Waals surface area contributed by atoms with Crippen LogP contribution in [-0.4, -0.2) is 54.8 Å². The first kappa shape index (κ1) is 15.9. The van der Waals surface area contributed by atoms with Crippen molar-refractivity contribution in [2.24, 2.45) is 0 Å². The molecule has 0 saturated heterocycles. The number of benzene rings is 1. The van der Waals surface area contributed by atoms with Crippen LogP contribution >= 0.6 is 0 Å². The lowest BCUT2D eigenvalue weighted by Crippen LogP contribution is -2.31. The standard InChI is InChI=1S/C16H19N7O/c1-12(16-18-20-21-19-16)11-22(2)15(24)10-13-4-6-14(7-5-13)23-9-3-8-17-23/h3-9,12H,10-11H2,1-2H3,(H,18,19,20,21)/t12-/m0/s1. The molecule has 0 unspecified atom stereocenters. The van der Waals surface area contributed by atoms with Gasteiger partial charge in [0, 0.05) is 31.9 Å². The van der Waals surface area contributed by atoms with Crippen molar-refractivity contribution in [2.75, 3.05) is 13.6 Å². The fourth-order valence-corrected chi connectivity index (χ4v) is 2.47. The Bertz CT molecular complexity index is 765. The highest BCUT2D eigenvalue weighted by atomic mass is 16.2. The second-order valence-corrected chi connectivity index (χ2v) is 5.74. The van der Waals surface area contributed by atoms with Crippen LogP contribution in [0.25, 0.3) is 5.69 Å². The molecule has 1 amide bonds. The number of H-pyrrole nitrogens is 1. The number of aromatic amines is 1. The Morgan fingerprint density at radius 1 is 1.33 bits per heavy atom. The first-order valence-corrected chi connectivity index (χ1v) is 7.70. The number of rotatable bonds is 6. The molecule has 0 spiro atoms. The maximum atomic E-state index is 12.4. The fourth-order valence-electron chi connectivity index (χ4n) is 2.47. The van der Waals surface area contributed by atoms with Crippen molar-refractivity contribution < 1.29 is 4.79 Å². The Morgan fingerprint density at radius 3 is 2.75 bits per heavy atom. The largest absolute Gasteiger partial charge is 0.345 e. The summed E-state index contributed by atoms with van der Waals surface area (Å²) in [7, 11) is 1.79. The second kappa shape index (κ2) is 7.03. The van der Waals surface area contributed by atoms with Crippen LogP contribution in [0.1, 0.15) is 24.2 Å². The zero-order valence-corrected chi connectivity index (χ0v) is 13.6. The van der Waals surface area contributed by atoms with Crippen molar-refractivity contribution in [3.8, 4) is 5.69 Å². The average Bonchev–Trinajstić information content (AvgIpc) is 3.29. The number of carbonyl (C=O) groups excluding carboxylic acids is 1. The predicted molar refractivity (Wildman–Crippen MR) is 87.5 cm³/mol. The molecule has 1 aromatic carbocycles. The molecule has 8 nitrogen and oxygen atoms in total. The highest BCUT2D eigenvalue weighted by molar-refractivity contribution is 5.78. The first-order chi connectivity index (χ1) is 11.6. The Kier molecular flexibility index (Phi) is 4.64. The summed E-state index contributed by atoms with van der Waals surface area (Å²) >= 11 is 0. The normalized spacial score (nSPS) is 12.1. The van der Waals surface area contributed by atoms with Gasteiger partial charge in [-0.3, -0.25) is 4.79 Å². The third kappa shape index (κ3) is 3.65. The van der Waals surface area contributed by atoms with Gasteiger partial charge in [-0.2, -0.15) is 10.3 Å². The number of tetrazole rings is 1. The van der Waals surface area contributed by atoms with Gasteiger partial charge in [-0.25, -0.2) is 4.68 Å². The molecule has 0 radical (unpaired) electrons. The van der Waals surface area contributed by atoms with Gasteiger partial charge in [-0.05, 0) is 23.8 Å². The number of nitrogens with one attached hydrogen (secondary N) is 1. The molecule has 124 valence electrons. The van der Waals surface area contributed by atoms with Gasteiger partial charge >= 0.3 is 0 Å². The van der Waals surface area contributed by atoms with Gasteiger partial charge in [0.05, 0.1) is 12.1 Å². The molecule has 24 heavy (non-hydrogen) atoms. The molecule has 8 heteroatoms. The van der Waals surface area contributed by atoms with Crippen molar-refractivity contribution in [3.63, 3.8) is 0 Å². The number of nitrogens with zero attached hydrogens (tertiary/aromatic N) is 6. The zero-order valence-electron chi connectivity index (χ0n) is 13.6. The number of aromatic nitrogens is 6. The van der Waals surface area contributed by atoms with Crippen molar-refractivity contribution in [1.82, 2.24) is 35.3 Å². The van der Waals surface area contributed by atoms with E-state index in [2.05, 4.69) is 25.7 Å². The topological polar surface area (TPSA) is 92.6 Å². The van der Waals surface area contributed by atoms with Crippen LogP contribution in [0.2, 0.25) is 0 Å². The Labute approximate surface area is 139 Å². The third-order valence-corrected chi connectivity index (χ3v) is 3.84. The van der Waals surface area contributed by atoms with E-state index in [0.29, 0.717) is 18.8 Å². The molecule has 1 N–H and O–H groups in total. The molecule has 0 bridgehead atoms. The van der Waals surface area contributed by atoms with Crippen LogP contribution < -0.4 is 0 Å². The molecule has 0 aliphatic heterocycles. The van der Waals surface area contributed by atoms with E-state index in [4.69, 9.17) is 0 Å². The van der Waals surface area contributed by atoms with Crippen LogP contribution in [0.3, 0.4) is 0 Å². The third-order valence-electron chi connectivity index (χ3n) is 3.84. The molecule has 0 aliphatic rings. The summed E-state index contributed by atoms with van der Waals surface area (Å²) < 4.78 is 1.78. The van der Waals surface area contributed by atoms with Crippen molar-refractivity contribution in [3.05, 3.63) is 54.1 Å². The van der Waals surface area contributed by atoms with Crippen LogP contribution in [0, 0.1) is 0 Å². The highest BCUT2D eigenvalue weighted by Crippen LogP contribution is 2.12. The van der Waals surface area contributed by atoms with Gasteiger partial charge in [0.2, 0.25) is 5.91 Å². The lowest BCUT2D eigenvalue weighted by Gasteiger charge is -2.20. The molecular formula is C16H19N7O. The summed E-state index contributed by atoms with van der Waals surface area (Å²) in [6.45, 7) is 2.51. The zero-order chi connectivity index (χ0) is 16.9. The van der Waals surface area contributed by atoms with E-state index in [1.54, 1.807) is 22.8 Å². The number of carbonyl (C=O) groups is 1. The van der Waals surface area contributed by atoms with Crippen LogP contribution in [0.5, 0.6) is 0 Å². The smallest absolute Gasteiger partial charge is 0.226 e. The summed E-state index contributed by atoms with van der Waals surface area (Å²) in [5, 5.41) is 18.1. The van der Waals surface area contributed by atoms with Gasteiger partial charge in [-0.15, -0.1) is 10.2 Å². The predicted octanol–water partition coefficient (Wildman–Crippen LogP) is 1.19. The van der Waals surface area contributed by atoms with Crippen LogP contribution in [0.15, 0.2) is 42.7 Å². The molecule has 0 fully saturated rings. The van der Waals surface area contributed by atoms with E-state index in [0.717, 1.165) is 11.3 Å². The van der Waals surface area contributed by atoms with Gasteiger partial charge in [0.1, 0.15) is 0 Å². The average molecular weight is 325 g/mol. The van der Waals surface area contributed by atoms with Crippen molar-refractivity contribution in [1.29, 1.82) is 0 Å². The minimum absolute atomic E-state index is 0.0277. The fraction of sp³-hybridized carbons (Fsp3) is 0.312.